The van der Waals surface area contributed by atoms with Gasteiger partial charge in [0.15, 0.2) is 12.4 Å². The summed E-state index contributed by atoms with van der Waals surface area (Å²) >= 11 is 6.18. The maximum absolute atomic E-state index is 12.5. The Morgan fingerprint density at radius 1 is 1.30 bits per heavy atom. The van der Waals surface area contributed by atoms with E-state index in [1.807, 2.05) is 0 Å². The van der Waals surface area contributed by atoms with Crippen molar-refractivity contribution >= 4 is 29.0 Å². The van der Waals surface area contributed by atoms with Crippen molar-refractivity contribution in [1.82, 2.24) is 5.32 Å². The van der Waals surface area contributed by atoms with Crippen LogP contribution in [0, 0.1) is 5.92 Å². The molecule has 1 amide bonds. The number of benzene rings is 1. The fourth-order valence-electron chi connectivity index (χ4n) is 2.59. The first-order valence-corrected chi connectivity index (χ1v) is 7.04. The molecule has 20 heavy (non-hydrogen) atoms. The van der Waals surface area contributed by atoms with Gasteiger partial charge in [-0.3, -0.25) is 9.59 Å². The zero-order valence-corrected chi connectivity index (χ0v) is 11.6. The van der Waals surface area contributed by atoms with E-state index in [-0.39, 0.29) is 24.2 Å². The van der Waals surface area contributed by atoms with Crippen molar-refractivity contribution < 1.29 is 14.3 Å². The zero-order chi connectivity index (χ0) is 14.1. The number of carbonyl (C=O) groups is 2. The normalized spacial score (nSPS) is 18.9. The Labute approximate surface area is 121 Å². The van der Waals surface area contributed by atoms with Crippen molar-refractivity contribution in [2.75, 3.05) is 25.0 Å². The van der Waals surface area contributed by atoms with Crippen LogP contribution in [-0.2, 0) is 4.79 Å². The van der Waals surface area contributed by atoms with Crippen molar-refractivity contribution in [2.24, 2.45) is 5.92 Å². The fraction of sp³-hybridized carbons (Fsp3) is 0.429. The summed E-state index contributed by atoms with van der Waals surface area (Å²) in [5.74, 6) is 0.349. The van der Waals surface area contributed by atoms with Crippen LogP contribution in [0.4, 0.5) is 5.69 Å². The molecule has 2 N–H and O–H groups in total. The van der Waals surface area contributed by atoms with Crippen molar-refractivity contribution in [3.05, 3.63) is 22.7 Å². The molecule has 2 aliphatic heterocycles. The first-order chi connectivity index (χ1) is 9.65. The van der Waals surface area contributed by atoms with E-state index in [9.17, 15) is 9.59 Å². The lowest BCUT2D eigenvalue weighted by molar-refractivity contribution is -0.118. The van der Waals surface area contributed by atoms with Gasteiger partial charge in [0.05, 0.1) is 10.7 Å². The summed E-state index contributed by atoms with van der Waals surface area (Å²) in [6.07, 6.45) is 1.65. The van der Waals surface area contributed by atoms with Crippen LogP contribution >= 0.6 is 11.6 Å². The van der Waals surface area contributed by atoms with E-state index in [1.165, 1.54) is 0 Å². The molecule has 0 radical (unpaired) electrons. The van der Waals surface area contributed by atoms with Gasteiger partial charge in [-0.2, -0.15) is 0 Å². The first kappa shape index (κ1) is 13.4. The molecule has 0 unspecified atom stereocenters. The van der Waals surface area contributed by atoms with Crippen LogP contribution in [0.1, 0.15) is 23.2 Å². The van der Waals surface area contributed by atoms with Gasteiger partial charge in [-0.25, -0.2) is 0 Å². The number of ether oxygens (including phenoxy) is 1. The predicted molar refractivity (Wildman–Crippen MR) is 75.5 cm³/mol. The minimum atomic E-state index is -0.217. The van der Waals surface area contributed by atoms with Crippen molar-refractivity contribution in [2.45, 2.75) is 12.8 Å². The topological polar surface area (TPSA) is 67.4 Å². The van der Waals surface area contributed by atoms with E-state index in [4.69, 9.17) is 16.3 Å². The minimum absolute atomic E-state index is 0.00461. The number of fused-ring (bicyclic) bond motifs is 1. The molecular formula is C14H15ClN2O3. The summed E-state index contributed by atoms with van der Waals surface area (Å²) in [5, 5.41) is 6.27. The molecule has 3 rings (SSSR count). The second-order valence-electron chi connectivity index (χ2n) is 5.05. The number of amides is 1. The van der Waals surface area contributed by atoms with Gasteiger partial charge < -0.3 is 15.4 Å². The molecule has 0 aromatic heterocycles. The Morgan fingerprint density at radius 2 is 2.05 bits per heavy atom. The molecule has 106 valence electrons. The lowest BCUT2D eigenvalue weighted by Crippen LogP contribution is -2.32. The average Bonchev–Trinajstić information content (AvgIpc) is 2.46. The average molecular weight is 295 g/mol. The summed E-state index contributed by atoms with van der Waals surface area (Å²) in [6.45, 7) is 1.67. The predicted octanol–water partition coefficient (Wildman–Crippen LogP) is 1.85. The van der Waals surface area contributed by atoms with E-state index in [0.29, 0.717) is 22.0 Å². The highest BCUT2D eigenvalue weighted by molar-refractivity contribution is 6.34. The SMILES string of the molecule is O=C1COc2cc(C(=O)C3CCNCC3)c(Cl)cc2N1. The Morgan fingerprint density at radius 3 is 2.80 bits per heavy atom. The maximum atomic E-state index is 12.5. The van der Waals surface area contributed by atoms with Crippen LogP contribution in [0.5, 0.6) is 5.75 Å². The summed E-state index contributed by atoms with van der Waals surface area (Å²) in [6, 6.07) is 3.23. The number of Topliss-reactive ketones (excluding diaryl/α,β-unsaturated/α-hetero) is 1. The van der Waals surface area contributed by atoms with E-state index in [0.717, 1.165) is 25.9 Å². The second-order valence-corrected chi connectivity index (χ2v) is 5.46. The van der Waals surface area contributed by atoms with E-state index < -0.39 is 0 Å². The van der Waals surface area contributed by atoms with Gasteiger partial charge in [0.25, 0.3) is 5.91 Å². The third kappa shape index (κ3) is 2.51. The molecule has 2 aliphatic rings. The molecule has 0 atom stereocenters. The monoisotopic (exact) mass is 294 g/mol. The van der Waals surface area contributed by atoms with Crippen molar-refractivity contribution in [1.29, 1.82) is 0 Å². The second kappa shape index (κ2) is 5.42. The number of carbonyl (C=O) groups excluding carboxylic acids is 2. The molecular weight excluding hydrogens is 280 g/mol. The van der Waals surface area contributed by atoms with Gasteiger partial charge >= 0.3 is 0 Å². The quantitative estimate of drug-likeness (QED) is 0.817. The Bertz CT molecular complexity index is 568. The molecule has 0 aliphatic carbocycles. The largest absolute Gasteiger partial charge is 0.482 e. The van der Waals surface area contributed by atoms with Gasteiger partial charge in [0.1, 0.15) is 5.75 Å². The number of rotatable bonds is 2. The summed E-state index contributed by atoms with van der Waals surface area (Å²) < 4.78 is 5.33. The number of anilines is 1. The molecule has 2 heterocycles. The standard InChI is InChI=1S/C14H15ClN2O3/c15-10-6-11-12(20-7-13(18)17-11)5-9(10)14(19)8-1-3-16-4-2-8/h5-6,8,16H,1-4,7H2,(H,17,18). The highest BCUT2D eigenvalue weighted by Gasteiger charge is 2.26. The first-order valence-electron chi connectivity index (χ1n) is 6.66. The number of ketones is 1. The van der Waals surface area contributed by atoms with Crippen molar-refractivity contribution in [3.63, 3.8) is 0 Å². The number of hydrogen-bond acceptors (Lipinski definition) is 4. The van der Waals surface area contributed by atoms with Gasteiger partial charge in [-0.15, -0.1) is 0 Å². The van der Waals surface area contributed by atoms with Crippen LogP contribution in [0.3, 0.4) is 0 Å². The van der Waals surface area contributed by atoms with Gasteiger partial charge in [0.2, 0.25) is 0 Å². The molecule has 6 heteroatoms. The number of piperidine rings is 1. The molecule has 5 nitrogen and oxygen atoms in total. The number of halogens is 1. The van der Waals surface area contributed by atoms with Crippen LogP contribution in [0.25, 0.3) is 0 Å². The molecule has 1 aromatic rings. The Hall–Kier alpha value is -1.59. The summed E-state index contributed by atoms with van der Waals surface area (Å²) in [4.78, 5) is 23.8. The van der Waals surface area contributed by atoms with Crippen LogP contribution in [-0.4, -0.2) is 31.4 Å². The third-order valence-corrected chi connectivity index (χ3v) is 3.99. The fourth-order valence-corrected chi connectivity index (χ4v) is 2.85. The van der Waals surface area contributed by atoms with Crippen LogP contribution in [0.15, 0.2) is 12.1 Å². The van der Waals surface area contributed by atoms with E-state index >= 15 is 0 Å². The lowest BCUT2D eigenvalue weighted by atomic mass is 9.89. The summed E-state index contributed by atoms with van der Waals surface area (Å²) in [7, 11) is 0. The Balaban J connectivity index is 1.89. The minimum Gasteiger partial charge on any atom is -0.482 e. The smallest absolute Gasteiger partial charge is 0.262 e. The number of nitrogens with one attached hydrogen (secondary N) is 2. The molecule has 0 spiro atoms. The van der Waals surface area contributed by atoms with E-state index in [1.54, 1.807) is 12.1 Å². The molecule has 1 aromatic carbocycles. The molecule has 1 saturated heterocycles. The van der Waals surface area contributed by atoms with Gasteiger partial charge in [0, 0.05) is 11.5 Å². The molecule has 0 saturated carbocycles. The number of hydrogen-bond donors (Lipinski definition) is 2. The third-order valence-electron chi connectivity index (χ3n) is 3.68. The Kier molecular flexibility index (Phi) is 3.63. The van der Waals surface area contributed by atoms with E-state index in [2.05, 4.69) is 10.6 Å². The van der Waals surface area contributed by atoms with Gasteiger partial charge in [-0.1, -0.05) is 11.6 Å². The highest BCUT2D eigenvalue weighted by Crippen LogP contribution is 2.35. The van der Waals surface area contributed by atoms with Crippen LogP contribution in [0.2, 0.25) is 5.02 Å². The molecule has 1 fully saturated rings. The lowest BCUT2D eigenvalue weighted by Gasteiger charge is -2.23. The van der Waals surface area contributed by atoms with Crippen LogP contribution < -0.4 is 15.4 Å². The summed E-state index contributed by atoms with van der Waals surface area (Å²) in [5.41, 5.74) is 1.00. The van der Waals surface area contributed by atoms with Crippen molar-refractivity contribution in [3.8, 4) is 5.75 Å². The molecule has 0 bridgehead atoms. The highest BCUT2D eigenvalue weighted by atomic mass is 35.5. The van der Waals surface area contributed by atoms with Gasteiger partial charge in [-0.05, 0) is 38.1 Å². The zero-order valence-electron chi connectivity index (χ0n) is 10.9. The maximum Gasteiger partial charge on any atom is 0.262 e.